The monoisotopic (exact) mass is 304 g/mol. The van der Waals surface area contributed by atoms with Crippen LogP contribution in [0.25, 0.3) is 0 Å². The van der Waals surface area contributed by atoms with E-state index in [0.29, 0.717) is 11.7 Å². The lowest BCUT2D eigenvalue weighted by atomic mass is 9.55. The Balaban J connectivity index is 1.74. The predicted molar refractivity (Wildman–Crippen MR) is 81.5 cm³/mol. The van der Waals surface area contributed by atoms with E-state index in [2.05, 4.69) is 0 Å². The number of hydrogen-bond donors (Lipinski definition) is 4. The van der Waals surface area contributed by atoms with Gasteiger partial charge in [-0.05, 0) is 66.7 Å². The summed E-state index contributed by atoms with van der Waals surface area (Å²) < 4.78 is 0. The van der Waals surface area contributed by atoms with Gasteiger partial charge in [0.15, 0.2) is 0 Å². The molecule has 7 atom stereocenters. The SMILES string of the molecule is C[C@]12CC[C@@H]3c4ccc(O)cc4CC[C@H]3[C@@H]1[C@H](O)[C@@H](O)[C@H]2O. The zero-order chi connectivity index (χ0) is 15.6. The van der Waals surface area contributed by atoms with Crippen molar-refractivity contribution in [2.24, 2.45) is 17.3 Å². The molecular formula is C18H24O4. The van der Waals surface area contributed by atoms with Gasteiger partial charge in [-0.25, -0.2) is 0 Å². The van der Waals surface area contributed by atoms with Crippen LogP contribution in [0.5, 0.6) is 5.75 Å². The molecule has 22 heavy (non-hydrogen) atoms. The van der Waals surface area contributed by atoms with Crippen LogP contribution in [-0.2, 0) is 6.42 Å². The Morgan fingerprint density at radius 2 is 1.86 bits per heavy atom. The van der Waals surface area contributed by atoms with Crippen LogP contribution in [0.15, 0.2) is 18.2 Å². The van der Waals surface area contributed by atoms with Crippen molar-refractivity contribution in [2.75, 3.05) is 0 Å². The van der Waals surface area contributed by atoms with Crippen molar-refractivity contribution in [1.29, 1.82) is 0 Å². The number of fused-ring (bicyclic) bond motifs is 5. The second-order valence-electron chi connectivity index (χ2n) is 7.69. The first-order valence-electron chi connectivity index (χ1n) is 8.29. The lowest BCUT2D eigenvalue weighted by Gasteiger charge is -2.50. The third-order valence-corrected chi connectivity index (χ3v) is 6.72. The van der Waals surface area contributed by atoms with Crippen molar-refractivity contribution in [3.63, 3.8) is 0 Å². The Morgan fingerprint density at radius 3 is 2.64 bits per heavy atom. The van der Waals surface area contributed by atoms with Crippen LogP contribution in [0.3, 0.4) is 0 Å². The van der Waals surface area contributed by atoms with Crippen LogP contribution in [0.1, 0.15) is 43.2 Å². The fourth-order valence-corrected chi connectivity index (χ4v) is 5.62. The van der Waals surface area contributed by atoms with E-state index < -0.39 is 23.7 Å². The second kappa shape index (κ2) is 4.70. The molecule has 2 saturated carbocycles. The molecule has 0 bridgehead atoms. The first-order chi connectivity index (χ1) is 10.4. The van der Waals surface area contributed by atoms with Gasteiger partial charge in [0.2, 0.25) is 0 Å². The number of phenolic OH excluding ortho intramolecular Hbond substituents is 1. The molecule has 2 fully saturated rings. The minimum Gasteiger partial charge on any atom is -0.508 e. The normalized spacial score (nSPS) is 46.7. The van der Waals surface area contributed by atoms with Crippen LogP contribution in [0.4, 0.5) is 0 Å². The molecule has 0 unspecified atom stereocenters. The summed E-state index contributed by atoms with van der Waals surface area (Å²) in [6.45, 7) is 2.02. The summed E-state index contributed by atoms with van der Waals surface area (Å²) in [5.74, 6) is 0.898. The fraction of sp³-hybridized carbons (Fsp3) is 0.667. The average molecular weight is 304 g/mol. The molecule has 0 radical (unpaired) electrons. The van der Waals surface area contributed by atoms with Crippen LogP contribution in [-0.4, -0.2) is 38.7 Å². The quantitative estimate of drug-likeness (QED) is 0.586. The summed E-state index contributed by atoms with van der Waals surface area (Å²) in [7, 11) is 0. The van der Waals surface area contributed by atoms with Gasteiger partial charge >= 0.3 is 0 Å². The van der Waals surface area contributed by atoms with E-state index in [4.69, 9.17) is 0 Å². The highest BCUT2D eigenvalue weighted by Gasteiger charge is 2.62. The molecule has 120 valence electrons. The second-order valence-corrected chi connectivity index (χ2v) is 7.69. The molecule has 0 saturated heterocycles. The highest BCUT2D eigenvalue weighted by atomic mass is 16.4. The maximum absolute atomic E-state index is 10.5. The highest BCUT2D eigenvalue weighted by molar-refractivity contribution is 5.40. The average Bonchev–Trinajstić information content (AvgIpc) is 2.68. The first kappa shape index (κ1) is 14.5. The van der Waals surface area contributed by atoms with Gasteiger partial charge in [-0.3, -0.25) is 0 Å². The van der Waals surface area contributed by atoms with Crippen LogP contribution in [0.2, 0.25) is 0 Å². The summed E-state index contributed by atoms with van der Waals surface area (Å²) in [4.78, 5) is 0. The Bertz CT molecular complexity index is 601. The van der Waals surface area contributed by atoms with E-state index in [1.54, 1.807) is 6.07 Å². The number of phenols is 1. The van der Waals surface area contributed by atoms with Crippen molar-refractivity contribution in [2.45, 2.75) is 56.8 Å². The zero-order valence-electron chi connectivity index (χ0n) is 12.8. The molecule has 1 aromatic carbocycles. The lowest BCUT2D eigenvalue weighted by molar-refractivity contribution is -0.0505. The first-order valence-corrected chi connectivity index (χ1v) is 8.29. The van der Waals surface area contributed by atoms with Crippen molar-refractivity contribution >= 4 is 0 Å². The molecule has 4 nitrogen and oxygen atoms in total. The standard InChI is InChI=1S/C18H24O4/c1-18-7-6-12-11-5-3-10(19)8-9(11)2-4-13(12)14(18)15(20)16(21)17(18)22/h3,5,8,12-17,19-22H,2,4,6-7H2,1H3/t12-,13-,14-,15+,16-,17-,18+/m1/s1. The van der Waals surface area contributed by atoms with Gasteiger partial charge in [-0.2, -0.15) is 0 Å². The van der Waals surface area contributed by atoms with Crippen molar-refractivity contribution in [3.05, 3.63) is 29.3 Å². The largest absolute Gasteiger partial charge is 0.508 e. The summed E-state index contributed by atoms with van der Waals surface area (Å²) in [5, 5.41) is 40.7. The number of aromatic hydroxyl groups is 1. The number of hydrogen-bond acceptors (Lipinski definition) is 4. The Morgan fingerprint density at radius 1 is 1.09 bits per heavy atom. The Hall–Kier alpha value is -1.10. The van der Waals surface area contributed by atoms with E-state index in [0.717, 1.165) is 25.7 Å². The lowest BCUT2D eigenvalue weighted by Crippen LogP contribution is -2.46. The number of aliphatic hydroxyl groups excluding tert-OH is 3. The maximum Gasteiger partial charge on any atom is 0.115 e. The molecule has 3 aliphatic rings. The minimum atomic E-state index is -1.03. The summed E-state index contributed by atoms with van der Waals surface area (Å²) in [6, 6.07) is 5.61. The third-order valence-electron chi connectivity index (χ3n) is 6.72. The summed E-state index contributed by atoms with van der Waals surface area (Å²) >= 11 is 0. The van der Waals surface area contributed by atoms with Crippen molar-refractivity contribution < 1.29 is 20.4 Å². The van der Waals surface area contributed by atoms with Gasteiger partial charge in [0.05, 0.1) is 12.2 Å². The third kappa shape index (κ3) is 1.75. The topological polar surface area (TPSA) is 80.9 Å². The smallest absolute Gasteiger partial charge is 0.115 e. The zero-order valence-corrected chi connectivity index (χ0v) is 12.8. The molecule has 4 heteroatoms. The maximum atomic E-state index is 10.5. The van der Waals surface area contributed by atoms with Crippen molar-refractivity contribution in [1.82, 2.24) is 0 Å². The van der Waals surface area contributed by atoms with Gasteiger partial charge in [-0.15, -0.1) is 0 Å². The highest BCUT2D eigenvalue weighted by Crippen LogP contribution is 2.60. The molecule has 3 aliphatic carbocycles. The number of aliphatic hydroxyl groups is 3. The molecule has 0 heterocycles. The van der Waals surface area contributed by atoms with Crippen molar-refractivity contribution in [3.8, 4) is 5.75 Å². The summed E-state index contributed by atoms with van der Waals surface area (Å²) in [6.07, 6.45) is 0.894. The fourth-order valence-electron chi connectivity index (χ4n) is 5.62. The predicted octanol–water partition coefficient (Wildman–Crippen LogP) is 1.55. The van der Waals surface area contributed by atoms with E-state index in [1.165, 1.54) is 11.1 Å². The Labute approximate surface area is 130 Å². The van der Waals surface area contributed by atoms with Gasteiger partial charge in [0.1, 0.15) is 11.9 Å². The molecule has 4 N–H and O–H groups in total. The molecular weight excluding hydrogens is 280 g/mol. The van der Waals surface area contributed by atoms with E-state index in [-0.39, 0.29) is 11.8 Å². The van der Waals surface area contributed by atoms with E-state index in [1.807, 2.05) is 19.1 Å². The van der Waals surface area contributed by atoms with Gasteiger partial charge in [-0.1, -0.05) is 13.0 Å². The molecule has 0 spiro atoms. The van der Waals surface area contributed by atoms with E-state index in [9.17, 15) is 20.4 Å². The van der Waals surface area contributed by atoms with Crippen LogP contribution in [0, 0.1) is 17.3 Å². The van der Waals surface area contributed by atoms with Gasteiger partial charge in [0.25, 0.3) is 0 Å². The van der Waals surface area contributed by atoms with Crippen LogP contribution < -0.4 is 0 Å². The molecule has 0 aliphatic heterocycles. The van der Waals surface area contributed by atoms with E-state index >= 15 is 0 Å². The Kier molecular flexibility index (Phi) is 3.09. The minimum absolute atomic E-state index is 0.0572. The number of benzene rings is 1. The number of aryl methyl sites for hydroxylation is 1. The molecule has 4 rings (SSSR count). The molecule has 0 aromatic heterocycles. The molecule has 0 amide bonds. The van der Waals surface area contributed by atoms with Gasteiger partial charge in [0, 0.05) is 5.41 Å². The number of rotatable bonds is 0. The summed E-state index contributed by atoms with van der Waals surface area (Å²) in [5.41, 5.74) is 2.09. The molecule has 1 aromatic rings. The van der Waals surface area contributed by atoms with Gasteiger partial charge < -0.3 is 20.4 Å². The van der Waals surface area contributed by atoms with Crippen LogP contribution >= 0.6 is 0 Å².